The van der Waals surface area contributed by atoms with E-state index >= 15 is 0 Å². The molecule has 1 atom stereocenters. The third-order valence-corrected chi connectivity index (χ3v) is 3.61. The highest BCUT2D eigenvalue weighted by Crippen LogP contribution is 2.32. The van der Waals surface area contributed by atoms with Gasteiger partial charge in [0.1, 0.15) is 11.5 Å². The monoisotopic (exact) mass is 328 g/mol. The van der Waals surface area contributed by atoms with Gasteiger partial charge in [-0.15, -0.1) is 5.10 Å². The molecule has 0 saturated carbocycles. The Labute approximate surface area is 138 Å². The van der Waals surface area contributed by atoms with Crippen molar-refractivity contribution in [3.05, 3.63) is 59.2 Å². The molecule has 0 spiro atoms. The average molecular weight is 328 g/mol. The van der Waals surface area contributed by atoms with Crippen molar-refractivity contribution in [1.82, 2.24) is 5.43 Å². The van der Waals surface area contributed by atoms with Crippen molar-refractivity contribution in [2.75, 3.05) is 14.2 Å². The van der Waals surface area contributed by atoms with Gasteiger partial charge >= 0.3 is 5.97 Å². The summed E-state index contributed by atoms with van der Waals surface area (Å²) in [5.41, 5.74) is 4.53. The fourth-order valence-electron chi connectivity index (χ4n) is 2.35. The van der Waals surface area contributed by atoms with Crippen LogP contribution in [0.25, 0.3) is 0 Å². The molecule has 0 radical (unpaired) electrons. The second-order valence-corrected chi connectivity index (χ2v) is 5.03. The molecule has 124 valence electrons. The lowest BCUT2D eigenvalue weighted by Gasteiger charge is -2.16. The number of aromatic carboxylic acids is 1. The van der Waals surface area contributed by atoms with E-state index in [4.69, 9.17) is 19.3 Å². The van der Waals surface area contributed by atoms with Gasteiger partial charge in [0.15, 0.2) is 0 Å². The number of carbonyl (C=O) groups is 1. The first-order valence-electron chi connectivity index (χ1n) is 7.18. The van der Waals surface area contributed by atoms with Crippen molar-refractivity contribution in [2.24, 2.45) is 5.10 Å². The second kappa shape index (κ2) is 6.49. The van der Waals surface area contributed by atoms with Gasteiger partial charge in [0.25, 0.3) is 0 Å². The van der Waals surface area contributed by atoms with Crippen LogP contribution in [-0.2, 0) is 4.74 Å². The van der Waals surface area contributed by atoms with E-state index in [0.29, 0.717) is 23.0 Å². The standard InChI is InChI=1S/C17H16N2O5/c1-22-12-7-8-14(23-2)13(9-12)16-19-18-15(24-16)10-3-5-11(6-4-10)17(20)21/h3-9,16,19H,1-2H3,(H,20,21). The smallest absolute Gasteiger partial charge is 0.335 e. The van der Waals surface area contributed by atoms with Crippen LogP contribution in [-0.4, -0.2) is 31.2 Å². The van der Waals surface area contributed by atoms with Crippen molar-refractivity contribution in [1.29, 1.82) is 0 Å². The van der Waals surface area contributed by atoms with Crippen LogP contribution < -0.4 is 14.9 Å². The molecular weight excluding hydrogens is 312 g/mol. The number of carboxylic acids is 1. The van der Waals surface area contributed by atoms with Crippen LogP contribution in [0.5, 0.6) is 11.5 Å². The van der Waals surface area contributed by atoms with Crippen molar-refractivity contribution < 1.29 is 24.1 Å². The van der Waals surface area contributed by atoms with Crippen LogP contribution in [0.15, 0.2) is 47.6 Å². The lowest BCUT2D eigenvalue weighted by molar-refractivity contribution is 0.0697. The molecule has 0 aromatic heterocycles. The first-order valence-corrected chi connectivity index (χ1v) is 7.18. The largest absolute Gasteiger partial charge is 0.497 e. The Morgan fingerprint density at radius 3 is 2.54 bits per heavy atom. The third kappa shape index (κ3) is 2.96. The number of methoxy groups -OCH3 is 2. The Bertz CT molecular complexity index is 786. The minimum Gasteiger partial charge on any atom is -0.497 e. The predicted octanol–water partition coefficient (Wildman–Crippen LogP) is 2.38. The summed E-state index contributed by atoms with van der Waals surface area (Å²) in [7, 11) is 3.16. The number of hydrogen-bond donors (Lipinski definition) is 2. The predicted molar refractivity (Wildman–Crippen MR) is 86.4 cm³/mol. The lowest BCUT2D eigenvalue weighted by atomic mass is 10.1. The van der Waals surface area contributed by atoms with Crippen molar-refractivity contribution in [2.45, 2.75) is 6.23 Å². The summed E-state index contributed by atoms with van der Waals surface area (Å²) in [5.74, 6) is 0.719. The number of rotatable bonds is 5. The molecule has 0 amide bonds. The molecule has 0 aliphatic carbocycles. The number of benzene rings is 2. The zero-order valence-electron chi connectivity index (χ0n) is 13.1. The molecule has 0 saturated heterocycles. The van der Waals surface area contributed by atoms with Crippen LogP contribution in [0.4, 0.5) is 0 Å². The van der Waals surface area contributed by atoms with Gasteiger partial charge in [0, 0.05) is 5.56 Å². The maximum absolute atomic E-state index is 10.9. The number of nitrogens with one attached hydrogen (secondary N) is 1. The number of nitrogens with zero attached hydrogens (tertiary/aromatic N) is 1. The third-order valence-electron chi connectivity index (χ3n) is 3.61. The van der Waals surface area contributed by atoms with E-state index in [1.807, 2.05) is 6.07 Å². The molecular formula is C17H16N2O5. The zero-order chi connectivity index (χ0) is 17.1. The Hall–Kier alpha value is -3.22. The molecule has 2 N–H and O–H groups in total. The van der Waals surface area contributed by atoms with E-state index in [2.05, 4.69) is 10.5 Å². The van der Waals surface area contributed by atoms with Gasteiger partial charge in [-0.3, -0.25) is 5.43 Å². The van der Waals surface area contributed by atoms with Crippen molar-refractivity contribution in [3.8, 4) is 11.5 Å². The van der Waals surface area contributed by atoms with E-state index < -0.39 is 12.2 Å². The number of carboxylic acid groups (broad SMARTS) is 1. The van der Waals surface area contributed by atoms with Gasteiger partial charge in [-0.1, -0.05) is 0 Å². The van der Waals surface area contributed by atoms with E-state index in [9.17, 15) is 4.79 Å². The number of ether oxygens (including phenoxy) is 3. The summed E-state index contributed by atoms with van der Waals surface area (Å²) < 4.78 is 16.4. The van der Waals surface area contributed by atoms with Crippen LogP contribution >= 0.6 is 0 Å². The van der Waals surface area contributed by atoms with Crippen LogP contribution in [0, 0.1) is 0 Å². The summed E-state index contributed by atoms with van der Waals surface area (Å²) in [5, 5.41) is 13.1. The molecule has 0 fully saturated rings. The highest BCUT2D eigenvalue weighted by molar-refractivity contribution is 5.96. The van der Waals surface area contributed by atoms with E-state index in [-0.39, 0.29) is 5.56 Å². The first kappa shape index (κ1) is 15.7. The summed E-state index contributed by atoms with van der Waals surface area (Å²) in [6.07, 6.45) is -0.524. The van der Waals surface area contributed by atoms with Crippen molar-refractivity contribution in [3.63, 3.8) is 0 Å². The maximum atomic E-state index is 10.9. The molecule has 1 aliphatic heterocycles. The second-order valence-electron chi connectivity index (χ2n) is 5.03. The summed E-state index contributed by atoms with van der Waals surface area (Å²) in [6.45, 7) is 0. The molecule has 0 bridgehead atoms. The van der Waals surface area contributed by atoms with Gasteiger partial charge in [0.05, 0.1) is 25.3 Å². The minimum atomic E-state index is -0.979. The number of hydrogen-bond acceptors (Lipinski definition) is 6. The average Bonchev–Trinajstić information content (AvgIpc) is 3.11. The van der Waals surface area contributed by atoms with Crippen LogP contribution in [0.1, 0.15) is 27.7 Å². The molecule has 1 aliphatic rings. The molecule has 7 nitrogen and oxygen atoms in total. The topological polar surface area (TPSA) is 89.4 Å². The summed E-state index contributed by atoms with van der Waals surface area (Å²) in [6, 6.07) is 11.7. The Balaban J connectivity index is 1.80. The van der Waals surface area contributed by atoms with Crippen molar-refractivity contribution >= 4 is 11.9 Å². The van der Waals surface area contributed by atoms with E-state index in [1.54, 1.807) is 38.5 Å². The quantitative estimate of drug-likeness (QED) is 0.876. The molecule has 2 aromatic carbocycles. The van der Waals surface area contributed by atoms with Crippen LogP contribution in [0.2, 0.25) is 0 Å². The normalized spacial score (nSPS) is 15.9. The van der Waals surface area contributed by atoms with Gasteiger partial charge in [-0.2, -0.15) is 0 Å². The van der Waals surface area contributed by atoms with E-state index in [0.717, 1.165) is 5.56 Å². The van der Waals surface area contributed by atoms with Gasteiger partial charge in [-0.25, -0.2) is 4.79 Å². The SMILES string of the molecule is COc1ccc(OC)c(C2NN=C(c3ccc(C(=O)O)cc3)O2)c1. The minimum absolute atomic E-state index is 0.205. The molecule has 7 heteroatoms. The zero-order valence-corrected chi connectivity index (χ0v) is 13.1. The van der Waals surface area contributed by atoms with E-state index in [1.165, 1.54) is 12.1 Å². The summed E-state index contributed by atoms with van der Waals surface area (Å²) >= 11 is 0. The van der Waals surface area contributed by atoms with Gasteiger partial charge < -0.3 is 19.3 Å². The molecule has 1 heterocycles. The van der Waals surface area contributed by atoms with Gasteiger partial charge in [0.2, 0.25) is 12.1 Å². The fourth-order valence-corrected chi connectivity index (χ4v) is 2.35. The number of hydrazone groups is 1. The van der Waals surface area contributed by atoms with Gasteiger partial charge in [-0.05, 0) is 42.5 Å². The lowest BCUT2D eigenvalue weighted by Crippen LogP contribution is -2.14. The first-order chi connectivity index (χ1) is 11.6. The highest BCUT2D eigenvalue weighted by atomic mass is 16.5. The summed E-state index contributed by atoms with van der Waals surface area (Å²) in [4.78, 5) is 10.9. The molecule has 24 heavy (non-hydrogen) atoms. The maximum Gasteiger partial charge on any atom is 0.335 e. The Kier molecular flexibility index (Phi) is 4.24. The highest BCUT2D eigenvalue weighted by Gasteiger charge is 2.25. The Morgan fingerprint density at radius 2 is 1.92 bits per heavy atom. The Morgan fingerprint density at radius 1 is 1.17 bits per heavy atom. The molecule has 1 unspecified atom stereocenters. The van der Waals surface area contributed by atoms with Crippen LogP contribution in [0.3, 0.4) is 0 Å². The fraction of sp³-hybridized carbons (Fsp3) is 0.176. The molecule has 2 aromatic rings. The molecule has 3 rings (SSSR count).